The lowest BCUT2D eigenvalue weighted by Gasteiger charge is -2.29. The fourth-order valence-corrected chi connectivity index (χ4v) is 4.95. The molecule has 3 aromatic rings. The molecule has 2 N–H and O–H groups in total. The lowest BCUT2D eigenvalue weighted by atomic mass is 9.79. The summed E-state index contributed by atoms with van der Waals surface area (Å²) in [7, 11) is 1.38. The number of carbonyl (C=O) groups is 2. The molecule has 1 saturated heterocycles. The topological polar surface area (TPSA) is 88.1 Å². The van der Waals surface area contributed by atoms with Crippen LogP contribution >= 0.6 is 0 Å². The summed E-state index contributed by atoms with van der Waals surface area (Å²) in [5.41, 5.74) is 6.68. The molecule has 0 atom stereocenters. The highest BCUT2D eigenvalue weighted by atomic mass is 16.6. The first kappa shape index (κ1) is 29.5. The zero-order valence-corrected chi connectivity index (χ0v) is 23.9. The maximum atomic E-state index is 11.7. The maximum absolute atomic E-state index is 11.7. The third-order valence-corrected chi connectivity index (χ3v) is 7.16. The Morgan fingerprint density at radius 3 is 2.45 bits per heavy atom. The molecule has 3 aromatic carbocycles. The molecule has 8 heteroatoms. The fraction of sp³-hybridized carbons (Fsp3) is 0.375. The third-order valence-electron chi connectivity index (χ3n) is 7.16. The number of rotatable bonds is 5. The van der Waals surface area contributed by atoms with Crippen molar-refractivity contribution >= 4 is 25.0 Å². The number of fused-ring (bicyclic) bond motifs is 1. The normalized spacial score (nSPS) is 15.6. The van der Waals surface area contributed by atoms with Gasteiger partial charge in [0.25, 0.3) is 0 Å². The molecule has 210 valence electrons. The molecule has 5 rings (SSSR count). The van der Waals surface area contributed by atoms with E-state index < -0.39 is 12.7 Å². The summed E-state index contributed by atoms with van der Waals surface area (Å²) in [4.78, 5) is 24.7. The van der Waals surface area contributed by atoms with E-state index in [9.17, 15) is 14.6 Å². The van der Waals surface area contributed by atoms with Gasteiger partial charge in [0.2, 0.25) is 0 Å². The van der Waals surface area contributed by atoms with Gasteiger partial charge in [0, 0.05) is 12.1 Å². The quantitative estimate of drug-likeness (QED) is 0.352. The van der Waals surface area contributed by atoms with Gasteiger partial charge >= 0.3 is 13.2 Å². The van der Waals surface area contributed by atoms with Gasteiger partial charge in [-0.3, -0.25) is 4.79 Å². The van der Waals surface area contributed by atoms with Crippen LogP contribution in [0.4, 0.5) is 4.79 Å². The smallest absolute Gasteiger partial charge is 0.444 e. The van der Waals surface area contributed by atoms with E-state index in [1.54, 1.807) is 12.1 Å². The number of hydrogen-bond donors (Lipinski definition) is 2. The number of aldehydes is 1. The van der Waals surface area contributed by atoms with Crippen molar-refractivity contribution < 1.29 is 24.0 Å². The predicted octanol–water partition coefficient (Wildman–Crippen LogP) is 4.90. The molecular formula is C32H39BN2O5. The largest absolute Gasteiger partial charge is 0.491 e. The molecule has 2 aliphatic rings. The first-order valence-electron chi connectivity index (χ1n) is 13.8. The van der Waals surface area contributed by atoms with E-state index in [2.05, 4.69) is 41.5 Å². The van der Waals surface area contributed by atoms with Crippen molar-refractivity contribution in [3.63, 3.8) is 0 Å². The van der Waals surface area contributed by atoms with Crippen molar-refractivity contribution in [2.24, 2.45) is 0 Å². The Morgan fingerprint density at radius 2 is 1.77 bits per heavy atom. The van der Waals surface area contributed by atoms with Gasteiger partial charge in [-0.05, 0) is 99.0 Å². The molecule has 0 bridgehead atoms. The SMILES string of the molecule is CN1CCC(c2cccc(CNC(=O)OC(C)(C)C)c2)CC1.O=Cc1ccc(-c2ccc3c(c2)COB3O)cc1. The van der Waals surface area contributed by atoms with Crippen LogP contribution in [0.1, 0.15) is 66.6 Å². The Morgan fingerprint density at radius 1 is 1.07 bits per heavy atom. The number of alkyl carbamates (subject to hydrolysis) is 1. The number of carbonyl (C=O) groups excluding carboxylic acids is 2. The number of amides is 1. The Bertz CT molecular complexity index is 1300. The van der Waals surface area contributed by atoms with Crippen LogP contribution < -0.4 is 10.8 Å². The van der Waals surface area contributed by atoms with Gasteiger partial charge in [0.05, 0.1) is 6.61 Å². The van der Waals surface area contributed by atoms with Gasteiger partial charge < -0.3 is 24.6 Å². The Balaban J connectivity index is 0.000000188. The van der Waals surface area contributed by atoms with Crippen LogP contribution in [0, 0.1) is 0 Å². The van der Waals surface area contributed by atoms with E-state index in [4.69, 9.17) is 9.39 Å². The van der Waals surface area contributed by atoms with Crippen LogP contribution in [-0.2, 0) is 22.5 Å². The molecule has 1 fully saturated rings. The van der Waals surface area contributed by atoms with Crippen LogP contribution in [0.15, 0.2) is 66.7 Å². The zero-order chi connectivity index (χ0) is 28.7. The second kappa shape index (κ2) is 13.3. The van der Waals surface area contributed by atoms with Crippen molar-refractivity contribution in [2.75, 3.05) is 20.1 Å². The van der Waals surface area contributed by atoms with Crippen molar-refractivity contribution in [3.8, 4) is 11.1 Å². The highest BCUT2D eigenvalue weighted by Gasteiger charge is 2.27. The van der Waals surface area contributed by atoms with Gasteiger partial charge in [-0.15, -0.1) is 0 Å². The third kappa shape index (κ3) is 8.27. The van der Waals surface area contributed by atoms with Crippen molar-refractivity contribution in [1.29, 1.82) is 0 Å². The number of likely N-dealkylation sites (tertiary alicyclic amines) is 1. The molecular weight excluding hydrogens is 503 g/mol. The van der Waals surface area contributed by atoms with E-state index in [-0.39, 0.29) is 6.09 Å². The Labute approximate surface area is 237 Å². The maximum Gasteiger partial charge on any atom is 0.491 e. The standard InChI is InChI=1S/C18H28N2O2.C14H11BO3/c1-18(2,3)22-17(21)19-13-14-6-5-7-16(12-14)15-8-10-20(4)11-9-15;16-8-10-1-3-11(4-2-10)12-5-6-14-13(7-12)9-18-15(14)17/h5-7,12,15H,8-11,13H2,1-4H3,(H,19,21);1-8,17H,9H2. The molecule has 0 saturated carbocycles. The van der Waals surface area contributed by atoms with E-state index in [1.807, 2.05) is 51.1 Å². The molecule has 7 nitrogen and oxygen atoms in total. The summed E-state index contributed by atoms with van der Waals surface area (Å²) < 4.78 is 10.4. The van der Waals surface area contributed by atoms with E-state index in [1.165, 1.54) is 18.4 Å². The van der Waals surface area contributed by atoms with E-state index >= 15 is 0 Å². The van der Waals surface area contributed by atoms with Gasteiger partial charge in [-0.25, -0.2) is 4.79 Å². The molecule has 0 radical (unpaired) electrons. The van der Waals surface area contributed by atoms with E-state index in [0.717, 1.165) is 47.1 Å². The second-order valence-electron chi connectivity index (χ2n) is 11.5. The lowest BCUT2D eigenvalue weighted by molar-refractivity contribution is 0.0523. The van der Waals surface area contributed by atoms with Crippen LogP contribution in [0.3, 0.4) is 0 Å². The van der Waals surface area contributed by atoms with Crippen LogP contribution in [-0.4, -0.2) is 55.2 Å². The molecule has 0 unspecified atom stereocenters. The molecule has 2 heterocycles. The van der Waals surface area contributed by atoms with Gasteiger partial charge in [0.1, 0.15) is 11.9 Å². The van der Waals surface area contributed by atoms with Crippen molar-refractivity contribution in [1.82, 2.24) is 10.2 Å². The van der Waals surface area contributed by atoms with Gasteiger partial charge in [-0.2, -0.15) is 0 Å². The van der Waals surface area contributed by atoms with Crippen LogP contribution in [0.5, 0.6) is 0 Å². The Hall–Kier alpha value is -3.46. The van der Waals surface area contributed by atoms with E-state index in [0.29, 0.717) is 24.6 Å². The summed E-state index contributed by atoms with van der Waals surface area (Å²) in [6, 6.07) is 21.8. The average molecular weight is 542 g/mol. The lowest BCUT2D eigenvalue weighted by Crippen LogP contribution is -2.32. The summed E-state index contributed by atoms with van der Waals surface area (Å²) in [5.74, 6) is 0.637. The number of ether oxygens (including phenoxy) is 1. The molecule has 0 aliphatic carbocycles. The number of hydrogen-bond acceptors (Lipinski definition) is 6. The highest BCUT2D eigenvalue weighted by molar-refractivity contribution is 6.61. The number of nitrogens with zero attached hydrogens (tertiary/aromatic N) is 1. The average Bonchev–Trinajstić information content (AvgIpc) is 3.32. The number of benzene rings is 3. The first-order valence-corrected chi connectivity index (χ1v) is 13.8. The van der Waals surface area contributed by atoms with Crippen LogP contribution in [0.25, 0.3) is 11.1 Å². The first-order chi connectivity index (χ1) is 19.1. The second-order valence-corrected chi connectivity index (χ2v) is 11.5. The number of piperidine rings is 1. The molecule has 1 amide bonds. The minimum Gasteiger partial charge on any atom is -0.444 e. The molecule has 40 heavy (non-hydrogen) atoms. The summed E-state index contributed by atoms with van der Waals surface area (Å²) in [6.07, 6.45) is 2.88. The van der Waals surface area contributed by atoms with Gasteiger partial charge in [-0.1, -0.05) is 60.7 Å². The number of nitrogens with one attached hydrogen (secondary N) is 1. The molecule has 2 aliphatic heterocycles. The summed E-state index contributed by atoms with van der Waals surface area (Å²) in [5, 5.41) is 12.4. The van der Waals surface area contributed by atoms with Crippen LogP contribution in [0.2, 0.25) is 0 Å². The summed E-state index contributed by atoms with van der Waals surface area (Å²) in [6.45, 7) is 8.87. The highest BCUT2D eigenvalue weighted by Crippen LogP contribution is 2.28. The zero-order valence-electron chi connectivity index (χ0n) is 23.9. The molecule has 0 aromatic heterocycles. The van der Waals surface area contributed by atoms with Crippen molar-refractivity contribution in [3.05, 3.63) is 89.0 Å². The monoisotopic (exact) mass is 542 g/mol. The predicted molar refractivity (Wildman–Crippen MR) is 159 cm³/mol. The minimum atomic E-state index is -0.800. The minimum absolute atomic E-state index is 0.364. The fourth-order valence-electron chi connectivity index (χ4n) is 4.95. The Kier molecular flexibility index (Phi) is 9.79. The van der Waals surface area contributed by atoms with Crippen molar-refractivity contribution in [2.45, 2.75) is 58.3 Å². The van der Waals surface area contributed by atoms with Gasteiger partial charge in [0.15, 0.2) is 0 Å². The summed E-state index contributed by atoms with van der Waals surface area (Å²) >= 11 is 0. The molecule has 0 spiro atoms.